The highest BCUT2D eigenvalue weighted by Crippen LogP contribution is 2.03. The van der Waals surface area contributed by atoms with Crippen molar-refractivity contribution in [3.63, 3.8) is 0 Å². The van der Waals surface area contributed by atoms with E-state index in [4.69, 9.17) is 11.1 Å². The lowest BCUT2D eigenvalue weighted by atomic mass is 10.3. The van der Waals surface area contributed by atoms with Gasteiger partial charge in [-0.15, -0.1) is 0 Å². The van der Waals surface area contributed by atoms with Gasteiger partial charge in [-0.05, 0) is 19.1 Å². The van der Waals surface area contributed by atoms with Crippen molar-refractivity contribution in [2.75, 3.05) is 0 Å². The summed E-state index contributed by atoms with van der Waals surface area (Å²) in [5.74, 6) is 0.746. The van der Waals surface area contributed by atoms with Gasteiger partial charge in [0.2, 0.25) is 0 Å². The summed E-state index contributed by atoms with van der Waals surface area (Å²) in [6.45, 7) is 1.82. The average molecular weight is 175 g/mol. The number of nitrogens with two attached hydrogens (primary N) is 1. The van der Waals surface area contributed by atoms with Crippen molar-refractivity contribution < 1.29 is 0 Å². The summed E-state index contributed by atoms with van der Waals surface area (Å²) in [7, 11) is 0. The normalized spacial score (nSPS) is 10.5. The Morgan fingerprint density at radius 3 is 3.00 bits per heavy atom. The molecule has 2 aromatic heterocycles. The van der Waals surface area contributed by atoms with Crippen LogP contribution in [0, 0.1) is 12.3 Å². The molecule has 2 heterocycles. The van der Waals surface area contributed by atoms with E-state index < -0.39 is 0 Å². The van der Waals surface area contributed by atoms with Gasteiger partial charge in [0.15, 0.2) is 5.65 Å². The lowest BCUT2D eigenvalue weighted by Crippen LogP contribution is -2.11. The van der Waals surface area contributed by atoms with Gasteiger partial charge in [-0.1, -0.05) is 0 Å². The van der Waals surface area contributed by atoms with Crippen molar-refractivity contribution in [1.29, 1.82) is 5.41 Å². The third-order valence-electron chi connectivity index (χ3n) is 1.75. The SMILES string of the molecule is Cc1nc2ccc(C(=N)N)cn2n1. The molecule has 5 nitrogen and oxygen atoms in total. The van der Waals surface area contributed by atoms with E-state index in [1.807, 2.05) is 6.92 Å². The van der Waals surface area contributed by atoms with Gasteiger partial charge >= 0.3 is 0 Å². The molecule has 0 bridgehead atoms. The molecule has 0 aliphatic carbocycles. The Bertz CT molecular complexity index is 470. The van der Waals surface area contributed by atoms with Gasteiger partial charge in [0, 0.05) is 11.8 Å². The van der Waals surface area contributed by atoms with Crippen LogP contribution in [0.5, 0.6) is 0 Å². The van der Waals surface area contributed by atoms with E-state index in [2.05, 4.69) is 10.1 Å². The molecule has 5 heteroatoms. The Balaban J connectivity index is 2.67. The van der Waals surface area contributed by atoms with Gasteiger partial charge in [0.25, 0.3) is 0 Å². The zero-order valence-electron chi connectivity index (χ0n) is 7.15. The Labute approximate surface area is 74.7 Å². The Kier molecular flexibility index (Phi) is 1.51. The summed E-state index contributed by atoms with van der Waals surface area (Å²) in [4.78, 5) is 4.15. The summed E-state index contributed by atoms with van der Waals surface area (Å²) in [5, 5.41) is 11.3. The largest absolute Gasteiger partial charge is 0.384 e. The van der Waals surface area contributed by atoms with E-state index in [-0.39, 0.29) is 5.84 Å². The van der Waals surface area contributed by atoms with Crippen LogP contribution in [-0.4, -0.2) is 20.4 Å². The van der Waals surface area contributed by atoms with Crippen LogP contribution in [0.1, 0.15) is 11.4 Å². The van der Waals surface area contributed by atoms with Crippen LogP contribution in [0.3, 0.4) is 0 Å². The monoisotopic (exact) mass is 175 g/mol. The molecule has 0 amide bonds. The summed E-state index contributed by atoms with van der Waals surface area (Å²) in [6.07, 6.45) is 1.69. The zero-order valence-corrected chi connectivity index (χ0v) is 7.15. The number of aryl methyl sites for hydroxylation is 1. The number of amidine groups is 1. The van der Waals surface area contributed by atoms with Crippen LogP contribution >= 0.6 is 0 Å². The maximum atomic E-state index is 7.23. The molecule has 66 valence electrons. The molecule has 0 saturated carbocycles. The molecule has 13 heavy (non-hydrogen) atoms. The molecule has 0 radical (unpaired) electrons. The van der Waals surface area contributed by atoms with Crippen LogP contribution in [0.4, 0.5) is 0 Å². The fraction of sp³-hybridized carbons (Fsp3) is 0.125. The zero-order chi connectivity index (χ0) is 9.42. The minimum atomic E-state index is 0.0371. The Morgan fingerprint density at radius 2 is 2.31 bits per heavy atom. The van der Waals surface area contributed by atoms with Crippen LogP contribution in [0.2, 0.25) is 0 Å². The number of nitrogens with zero attached hydrogens (tertiary/aromatic N) is 3. The lowest BCUT2D eigenvalue weighted by molar-refractivity contribution is 0.928. The molecular formula is C8H9N5. The van der Waals surface area contributed by atoms with Gasteiger partial charge in [-0.3, -0.25) is 5.41 Å². The first-order valence-corrected chi connectivity index (χ1v) is 3.84. The highest BCUT2D eigenvalue weighted by Gasteiger charge is 2.01. The van der Waals surface area contributed by atoms with Crippen LogP contribution in [-0.2, 0) is 0 Å². The molecule has 3 N–H and O–H groups in total. The predicted molar refractivity (Wildman–Crippen MR) is 48.7 cm³/mol. The molecule has 0 atom stereocenters. The van der Waals surface area contributed by atoms with E-state index in [1.54, 1.807) is 22.8 Å². The molecule has 2 rings (SSSR count). The fourth-order valence-corrected chi connectivity index (χ4v) is 1.15. The molecule has 0 unspecified atom stereocenters. The standard InChI is InChI=1S/C8H9N5/c1-5-11-7-3-2-6(8(9)10)4-13(7)12-5/h2-4H,1H3,(H3,9,10). The van der Waals surface area contributed by atoms with E-state index >= 15 is 0 Å². The number of hydrogen-bond acceptors (Lipinski definition) is 3. The van der Waals surface area contributed by atoms with Crippen molar-refractivity contribution in [2.24, 2.45) is 5.73 Å². The quantitative estimate of drug-likeness (QED) is 0.484. The second kappa shape index (κ2) is 2.55. The summed E-state index contributed by atoms with van der Waals surface area (Å²) < 4.78 is 1.62. The number of fused-ring (bicyclic) bond motifs is 1. The highest BCUT2D eigenvalue weighted by atomic mass is 15.3. The van der Waals surface area contributed by atoms with Crippen molar-refractivity contribution >= 4 is 11.5 Å². The average Bonchev–Trinajstić information content (AvgIpc) is 2.42. The Hall–Kier alpha value is -1.91. The molecule has 0 spiro atoms. The first-order chi connectivity index (χ1) is 6.16. The molecule has 0 saturated heterocycles. The summed E-state index contributed by atoms with van der Waals surface area (Å²) in [5.41, 5.74) is 6.75. The first-order valence-electron chi connectivity index (χ1n) is 3.84. The molecule has 2 aromatic rings. The fourth-order valence-electron chi connectivity index (χ4n) is 1.15. The highest BCUT2D eigenvalue weighted by molar-refractivity contribution is 5.94. The van der Waals surface area contributed by atoms with E-state index in [9.17, 15) is 0 Å². The molecule has 0 aromatic carbocycles. The number of aromatic nitrogens is 3. The van der Waals surface area contributed by atoms with E-state index in [0.717, 1.165) is 5.65 Å². The third kappa shape index (κ3) is 1.24. The number of nitrogen functional groups attached to an aromatic ring is 1. The number of rotatable bonds is 1. The van der Waals surface area contributed by atoms with Crippen molar-refractivity contribution in [3.8, 4) is 0 Å². The van der Waals surface area contributed by atoms with Crippen molar-refractivity contribution in [1.82, 2.24) is 14.6 Å². The minimum absolute atomic E-state index is 0.0371. The van der Waals surface area contributed by atoms with Gasteiger partial charge in [0.05, 0.1) is 0 Å². The maximum Gasteiger partial charge on any atom is 0.155 e. The van der Waals surface area contributed by atoms with Gasteiger partial charge in [-0.2, -0.15) is 5.10 Å². The summed E-state index contributed by atoms with van der Waals surface area (Å²) >= 11 is 0. The molecule has 0 aliphatic heterocycles. The van der Waals surface area contributed by atoms with Gasteiger partial charge in [-0.25, -0.2) is 9.50 Å². The van der Waals surface area contributed by atoms with Crippen molar-refractivity contribution in [3.05, 3.63) is 29.7 Å². The lowest BCUT2D eigenvalue weighted by Gasteiger charge is -1.97. The number of nitrogens with one attached hydrogen (secondary N) is 1. The van der Waals surface area contributed by atoms with Crippen LogP contribution in [0.15, 0.2) is 18.3 Å². The number of hydrogen-bond donors (Lipinski definition) is 2. The predicted octanol–water partition coefficient (Wildman–Crippen LogP) is 0.322. The van der Waals surface area contributed by atoms with Gasteiger partial charge < -0.3 is 5.73 Å². The second-order valence-electron chi connectivity index (χ2n) is 2.79. The summed E-state index contributed by atoms with van der Waals surface area (Å²) in [6, 6.07) is 3.54. The maximum absolute atomic E-state index is 7.23. The minimum Gasteiger partial charge on any atom is -0.384 e. The number of pyridine rings is 1. The van der Waals surface area contributed by atoms with Crippen molar-refractivity contribution in [2.45, 2.75) is 6.92 Å². The third-order valence-corrected chi connectivity index (χ3v) is 1.75. The smallest absolute Gasteiger partial charge is 0.155 e. The first kappa shape index (κ1) is 7.72. The molecule has 0 aliphatic rings. The van der Waals surface area contributed by atoms with Crippen LogP contribution < -0.4 is 5.73 Å². The Morgan fingerprint density at radius 1 is 1.54 bits per heavy atom. The second-order valence-corrected chi connectivity index (χ2v) is 2.79. The topological polar surface area (TPSA) is 80.1 Å². The van der Waals surface area contributed by atoms with E-state index in [0.29, 0.717) is 11.4 Å². The molecule has 0 fully saturated rings. The molecular weight excluding hydrogens is 166 g/mol. The van der Waals surface area contributed by atoms with Gasteiger partial charge in [0.1, 0.15) is 11.7 Å². The van der Waals surface area contributed by atoms with Crippen LogP contribution in [0.25, 0.3) is 5.65 Å². The van der Waals surface area contributed by atoms with E-state index in [1.165, 1.54) is 0 Å².